The van der Waals surface area contributed by atoms with Gasteiger partial charge in [0, 0.05) is 11.6 Å². The summed E-state index contributed by atoms with van der Waals surface area (Å²) >= 11 is 0. The molecule has 1 aliphatic rings. The SMILES string of the molecule is CCOC(=O)c1ncoc1-c1ccccc1C(=O)NC1CC1. The van der Waals surface area contributed by atoms with Gasteiger partial charge in [-0.05, 0) is 25.8 Å². The summed E-state index contributed by atoms with van der Waals surface area (Å²) in [4.78, 5) is 28.2. The van der Waals surface area contributed by atoms with Crippen LogP contribution in [0.25, 0.3) is 11.3 Å². The first-order valence-electron chi connectivity index (χ1n) is 7.21. The molecule has 0 unspecified atom stereocenters. The highest BCUT2D eigenvalue weighted by Crippen LogP contribution is 2.28. The Morgan fingerprint density at radius 1 is 1.36 bits per heavy atom. The van der Waals surface area contributed by atoms with Crippen molar-refractivity contribution in [2.24, 2.45) is 0 Å². The van der Waals surface area contributed by atoms with Crippen molar-refractivity contribution >= 4 is 11.9 Å². The van der Waals surface area contributed by atoms with Gasteiger partial charge in [-0.25, -0.2) is 9.78 Å². The summed E-state index contributed by atoms with van der Waals surface area (Å²) < 4.78 is 10.3. The van der Waals surface area contributed by atoms with Gasteiger partial charge in [-0.3, -0.25) is 4.79 Å². The maximum Gasteiger partial charge on any atom is 0.360 e. The largest absolute Gasteiger partial charge is 0.461 e. The van der Waals surface area contributed by atoms with E-state index in [9.17, 15) is 9.59 Å². The maximum absolute atomic E-state index is 12.3. The Kier molecular flexibility index (Phi) is 3.91. The molecule has 114 valence electrons. The van der Waals surface area contributed by atoms with E-state index < -0.39 is 5.97 Å². The first-order valence-corrected chi connectivity index (χ1v) is 7.21. The van der Waals surface area contributed by atoms with Crippen molar-refractivity contribution in [1.29, 1.82) is 0 Å². The van der Waals surface area contributed by atoms with E-state index in [0.717, 1.165) is 12.8 Å². The molecule has 1 aliphatic carbocycles. The fourth-order valence-electron chi connectivity index (χ4n) is 2.15. The van der Waals surface area contributed by atoms with Gasteiger partial charge in [-0.15, -0.1) is 0 Å². The fourth-order valence-corrected chi connectivity index (χ4v) is 2.15. The molecule has 1 amide bonds. The number of benzene rings is 1. The minimum absolute atomic E-state index is 0.0773. The molecule has 0 saturated heterocycles. The first-order chi connectivity index (χ1) is 10.7. The molecule has 1 saturated carbocycles. The topological polar surface area (TPSA) is 81.4 Å². The van der Waals surface area contributed by atoms with Crippen LogP contribution < -0.4 is 5.32 Å². The lowest BCUT2D eigenvalue weighted by Crippen LogP contribution is -2.26. The summed E-state index contributed by atoms with van der Waals surface area (Å²) in [6.07, 6.45) is 3.19. The number of nitrogens with zero attached hydrogens (tertiary/aromatic N) is 1. The van der Waals surface area contributed by atoms with Crippen LogP contribution in [0.1, 0.15) is 40.6 Å². The highest BCUT2D eigenvalue weighted by molar-refractivity contribution is 6.03. The van der Waals surface area contributed by atoms with Gasteiger partial charge < -0.3 is 14.5 Å². The molecule has 6 nitrogen and oxygen atoms in total. The van der Waals surface area contributed by atoms with Crippen molar-refractivity contribution < 1.29 is 18.7 Å². The number of aromatic nitrogens is 1. The minimum atomic E-state index is -0.566. The van der Waals surface area contributed by atoms with E-state index in [0.29, 0.717) is 11.1 Å². The molecule has 0 bridgehead atoms. The third-order valence-electron chi connectivity index (χ3n) is 3.37. The average Bonchev–Trinajstić information content (AvgIpc) is 3.19. The van der Waals surface area contributed by atoms with Crippen LogP contribution in [0.2, 0.25) is 0 Å². The van der Waals surface area contributed by atoms with Crippen molar-refractivity contribution in [3.63, 3.8) is 0 Å². The van der Waals surface area contributed by atoms with Gasteiger partial charge in [0.1, 0.15) is 0 Å². The molecule has 6 heteroatoms. The van der Waals surface area contributed by atoms with Crippen LogP contribution in [0, 0.1) is 0 Å². The van der Waals surface area contributed by atoms with Crippen molar-refractivity contribution in [3.05, 3.63) is 41.9 Å². The van der Waals surface area contributed by atoms with Crippen molar-refractivity contribution in [2.75, 3.05) is 6.61 Å². The zero-order valence-electron chi connectivity index (χ0n) is 12.2. The summed E-state index contributed by atoms with van der Waals surface area (Å²) in [6, 6.07) is 7.22. The molecule has 0 atom stereocenters. The number of rotatable bonds is 5. The normalized spacial score (nSPS) is 13.7. The van der Waals surface area contributed by atoms with Gasteiger partial charge in [0.05, 0.1) is 12.2 Å². The van der Waals surface area contributed by atoms with Crippen LogP contribution >= 0.6 is 0 Å². The van der Waals surface area contributed by atoms with Crippen molar-refractivity contribution in [3.8, 4) is 11.3 Å². The van der Waals surface area contributed by atoms with Gasteiger partial charge in [0.15, 0.2) is 17.8 Å². The zero-order chi connectivity index (χ0) is 15.5. The number of esters is 1. The molecule has 1 N–H and O–H groups in total. The van der Waals surface area contributed by atoms with E-state index in [-0.39, 0.29) is 30.0 Å². The van der Waals surface area contributed by atoms with Gasteiger partial charge in [-0.1, -0.05) is 18.2 Å². The molecule has 22 heavy (non-hydrogen) atoms. The number of hydrogen-bond acceptors (Lipinski definition) is 5. The Labute approximate surface area is 127 Å². The van der Waals surface area contributed by atoms with Crippen LogP contribution in [-0.2, 0) is 4.74 Å². The smallest absolute Gasteiger partial charge is 0.360 e. The van der Waals surface area contributed by atoms with E-state index in [4.69, 9.17) is 9.15 Å². The second-order valence-electron chi connectivity index (χ2n) is 5.04. The molecule has 0 spiro atoms. The van der Waals surface area contributed by atoms with Crippen LogP contribution in [0.15, 0.2) is 35.1 Å². The molecule has 1 aromatic carbocycles. The number of hydrogen-bond donors (Lipinski definition) is 1. The lowest BCUT2D eigenvalue weighted by molar-refractivity contribution is 0.0520. The molecular formula is C16H16N2O4. The van der Waals surface area contributed by atoms with Crippen LogP contribution in [0.5, 0.6) is 0 Å². The van der Waals surface area contributed by atoms with E-state index in [2.05, 4.69) is 10.3 Å². The Morgan fingerprint density at radius 2 is 2.14 bits per heavy atom. The predicted octanol–water partition coefficient (Wildman–Crippen LogP) is 2.41. The van der Waals surface area contributed by atoms with Gasteiger partial charge in [0.2, 0.25) is 0 Å². The molecule has 3 rings (SSSR count). The fraction of sp³-hybridized carbons (Fsp3) is 0.312. The quantitative estimate of drug-likeness (QED) is 0.858. The summed E-state index contributed by atoms with van der Waals surface area (Å²) in [5.74, 6) is -0.493. The zero-order valence-corrected chi connectivity index (χ0v) is 12.2. The lowest BCUT2D eigenvalue weighted by Gasteiger charge is -2.08. The number of amides is 1. The van der Waals surface area contributed by atoms with Gasteiger partial charge in [0.25, 0.3) is 5.91 Å². The molecule has 1 fully saturated rings. The molecule has 2 aromatic rings. The van der Waals surface area contributed by atoms with Gasteiger partial charge >= 0.3 is 5.97 Å². The third-order valence-corrected chi connectivity index (χ3v) is 3.37. The maximum atomic E-state index is 12.3. The summed E-state index contributed by atoms with van der Waals surface area (Å²) in [6.45, 7) is 1.96. The van der Waals surface area contributed by atoms with Crippen molar-refractivity contribution in [2.45, 2.75) is 25.8 Å². The molecule has 1 heterocycles. The number of carbonyl (C=O) groups is 2. The summed E-state index contributed by atoms with van der Waals surface area (Å²) in [5.41, 5.74) is 1.06. The average molecular weight is 300 g/mol. The predicted molar refractivity (Wildman–Crippen MR) is 78.4 cm³/mol. The Bertz CT molecular complexity index is 704. The number of oxazole rings is 1. The third kappa shape index (κ3) is 2.86. The standard InChI is InChI=1S/C16H16N2O4/c1-2-21-16(20)13-14(22-9-17-13)11-5-3-4-6-12(11)15(19)18-10-7-8-10/h3-6,9-10H,2,7-8H2,1H3,(H,18,19). The minimum Gasteiger partial charge on any atom is -0.461 e. The summed E-state index contributed by atoms with van der Waals surface area (Å²) in [7, 11) is 0. The van der Waals surface area contributed by atoms with Crippen LogP contribution in [0.3, 0.4) is 0 Å². The highest BCUT2D eigenvalue weighted by Gasteiger charge is 2.27. The molecular weight excluding hydrogens is 284 g/mol. The van der Waals surface area contributed by atoms with E-state index in [1.807, 2.05) is 0 Å². The second-order valence-corrected chi connectivity index (χ2v) is 5.04. The van der Waals surface area contributed by atoms with Crippen LogP contribution in [-0.4, -0.2) is 29.5 Å². The number of ether oxygens (including phenoxy) is 1. The first kappa shape index (κ1) is 14.3. The van der Waals surface area contributed by atoms with E-state index in [1.165, 1.54) is 6.39 Å². The Morgan fingerprint density at radius 3 is 2.86 bits per heavy atom. The second kappa shape index (κ2) is 6.01. The highest BCUT2D eigenvalue weighted by atomic mass is 16.5. The monoisotopic (exact) mass is 300 g/mol. The van der Waals surface area contributed by atoms with Crippen LogP contribution in [0.4, 0.5) is 0 Å². The Balaban J connectivity index is 1.96. The van der Waals surface area contributed by atoms with E-state index in [1.54, 1.807) is 31.2 Å². The Hall–Kier alpha value is -2.63. The molecule has 0 aliphatic heterocycles. The number of carbonyl (C=O) groups excluding carboxylic acids is 2. The summed E-state index contributed by atoms with van der Waals surface area (Å²) in [5, 5.41) is 2.93. The van der Waals surface area contributed by atoms with Gasteiger partial charge in [-0.2, -0.15) is 0 Å². The number of nitrogens with one attached hydrogen (secondary N) is 1. The molecule has 1 aromatic heterocycles. The lowest BCUT2D eigenvalue weighted by atomic mass is 10.0. The molecule has 0 radical (unpaired) electrons. The van der Waals surface area contributed by atoms with Crippen molar-refractivity contribution in [1.82, 2.24) is 10.3 Å². The van der Waals surface area contributed by atoms with E-state index >= 15 is 0 Å².